The van der Waals surface area contributed by atoms with Crippen molar-refractivity contribution in [3.8, 4) is 0 Å². The van der Waals surface area contributed by atoms with Gasteiger partial charge in [-0.25, -0.2) is 4.79 Å². The van der Waals surface area contributed by atoms with Crippen LogP contribution in [0.4, 0.5) is 0 Å². The van der Waals surface area contributed by atoms with Crippen LogP contribution in [0, 0.1) is 0 Å². The van der Waals surface area contributed by atoms with Crippen molar-refractivity contribution in [1.29, 1.82) is 0 Å². The van der Waals surface area contributed by atoms with E-state index >= 15 is 0 Å². The molecule has 0 fully saturated rings. The maximum Gasteiger partial charge on any atom is 0.332 e. The van der Waals surface area contributed by atoms with Gasteiger partial charge in [-0.1, -0.05) is 129 Å². The van der Waals surface area contributed by atoms with Gasteiger partial charge in [-0.05, 0) is 6.42 Å². The van der Waals surface area contributed by atoms with Crippen LogP contribution in [0.15, 0.2) is 0 Å². The van der Waals surface area contributed by atoms with E-state index in [0.29, 0.717) is 0 Å². The van der Waals surface area contributed by atoms with Crippen LogP contribution >= 0.6 is 0 Å². The Bertz CT molecular complexity index is 414. The minimum Gasteiger partial charge on any atom is -0.394 e. The molecular weight excluding hydrogens is 390 g/mol. The molecular formula is C26H51NO4. The predicted octanol–water partition coefficient (Wildman–Crippen LogP) is 6.59. The molecule has 0 heterocycles. The molecule has 0 spiro atoms. The molecule has 0 aromatic heterocycles. The summed E-state index contributed by atoms with van der Waals surface area (Å²) < 4.78 is 4.58. The van der Waals surface area contributed by atoms with E-state index in [1.165, 1.54) is 109 Å². The van der Waals surface area contributed by atoms with Crippen LogP contribution in [0.1, 0.15) is 142 Å². The highest BCUT2D eigenvalue weighted by molar-refractivity contribution is 5.88. The van der Waals surface area contributed by atoms with E-state index in [1.54, 1.807) is 0 Å². The summed E-state index contributed by atoms with van der Waals surface area (Å²) in [5, 5.41) is 8.73. The van der Waals surface area contributed by atoms with Gasteiger partial charge >= 0.3 is 11.9 Å². The van der Waals surface area contributed by atoms with Crippen LogP contribution in [-0.4, -0.2) is 29.7 Å². The van der Waals surface area contributed by atoms with Gasteiger partial charge < -0.3 is 15.6 Å². The minimum absolute atomic E-state index is 0.239. The fourth-order valence-corrected chi connectivity index (χ4v) is 3.84. The fraction of sp³-hybridized carbons (Fsp3) is 0.923. The maximum absolute atomic E-state index is 11.5. The Kier molecular flexibility index (Phi) is 23.0. The van der Waals surface area contributed by atoms with E-state index in [4.69, 9.17) is 10.8 Å². The van der Waals surface area contributed by atoms with E-state index < -0.39 is 24.6 Å². The number of carbonyl (C=O) groups is 2. The molecule has 0 aromatic rings. The van der Waals surface area contributed by atoms with Crippen LogP contribution in [0.2, 0.25) is 0 Å². The zero-order chi connectivity index (χ0) is 23.0. The van der Waals surface area contributed by atoms with E-state index in [0.717, 1.165) is 19.3 Å². The van der Waals surface area contributed by atoms with Gasteiger partial charge in [0.05, 0.1) is 6.61 Å². The topological polar surface area (TPSA) is 89.6 Å². The Balaban J connectivity index is 3.18. The molecule has 0 radical (unpaired) electrons. The van der Waals surface area contributed by atoms with Crippen molar-refractivity contribution < 1.29 is 19.4 Å². The third-order valence-corrected chi connectivity index (χ3v) is 5.95. The quantitative estimate of drug-likeness (QED) is 0.106. The highest BCUT2D eigenvalue weighted by atomic mass is 16.6. The van der Waals surface area contributed by atoms with Crippen molar-refractivity contribution in [1.82, 2.24) is 0 Å². The number of unbranched alkanes of at least 4 members (excludes halogenated alkanes) is 19. The Morgan fingerprint density at radius 3 is 1.29 bits per heavy atom. The molecule has 5 heteroatoms. The average molecular weight is 442 g/mol. The van der Waals surface area contributed by atoms with Crippen molar-refractivity contribution >= 4 is 11.9 Å². The van der Waals surface area contributed by atoms with Crippen LogP contribution in [0.25, 0.3) is 0 Å². The second-order valence-electron chi connectivity index (χ2n) is 9.05. The standard InChI is InChI=1S/C26H51NO4/c1-2-3-4-5-6-7-8-9-10-11-12-13-14-15-16-17-18-19-20-21-22-25(29)31-26(30)24(27)23-28/h24,28H,2-23,27H2,1H3/t24-/m0/s1. The smallest absolute Gasteiger partial charge is 0.332 e. The Morgan fingerprint density at radius 2 is 0.968 bits per heavy atom. The highest BCUT2D eigenvalue weighted by Crippen LogP contribution is 2.15. The number of carbonyl (C=O) groups excluding carboxylic acids is 2. The molecule has 184 valence electrons. The first-order valence-electron chi connectivity index (χ1n) is 13.2. The summed E-state index contributed by atoms with van der Waals surface area (Å²) in [5.41, 5.74) is 5.29. The third kappa shape index (κ3) is 22.1. The molecule has 0 aliphatic carbocycles. The number of esters is 2. The molecule has 0 saturated heterocycles. The number of ether oxygens (including phenoxy) is 1. The molecule has 0 bridgehead atoms. The first kappa shape index (κ1) is 30.1. The Morgan fingerprint density at radius 1 is 0.645 bits per heavy atom. The summed E-state index contributed by atoms with van der Waals surface area (Å²) in [4.78, 5) is 22.8. The number of hydrogen-bond acceptors (Lipinski definition) is 5. The van der Waals surface area contributed by atoms with Crippen molar-refractivity contribution in [2.75, 3.05) is 6.61 Å². The van der Waals surface area contributed by atoms with Gasteiger partial charge in [0, 0.05) is 6.42 Å². The molecule has 0 unspecified atom stereocenters. The Labute approximate surface area is 191 Å². The van der Waals surface area contributed by atoms with E-state index in [2.05, 4.69) is 11.7 Å². The third-order valence-electron chi connectivity index (χ3n) is 5.95. The second-order valence-corrected chi connectivity index (χ2v) is 9.05. The molecule has 0 amide bonds. The van der Waals surface area contributed by atoms with Crippen LogP contribution in [-0.2, 0) is 14.3 Å². The second kappa shape index (κ2) is 23.7. The van der Waals surface area contributed by atoms with E-state index in [-0.39, 0.29) is 6.42 Å². The molecule has 5 nitrogen and oxygen atoms in total. The van der Waals surface area contributed by atoms with Gasteiger partial charge in [-0.3, -0.25) is 4.79 Å². The van der Waals surface area contributed by atoms with Crippen molar-refractivity contribution in [2.24, 2.45) is 5.73 Å². The normalized spacial score (nSPS) is 12.1. The molecule has 0 aliphatic rings. The summed E-state index contributed by atoms with van der Waals surface area (Å²) in [6, 6.07) is -1.13. The lowest BCUT2D eigenvalue weighted by atomic mass is 10.0. The summed E-state index contributed by atoms with van der Waals surface area (Å²) in [6.07, 6.45) is 26.6. The van der Waals surface area contributed by atoms with Gasteiger partial charge in [0.15, 0.2) is 0 Å². The van der Waals surface area contributed by atoms with E-state index in [1.807, 2.05) is 0 Å². The number of hydrogen-bond donors (Lipinski definition) is 2. The van der Waals surface area contributed by atoms with Gasteiger partial charge in [0.25, 0.3) is 0 Å². The zero-order valence-corrected chi connectivity index (χ0v) is 20.4. The van der Waals surface area contributed by atoms with Gasteiger partial charge in [-0.15, -0.1) is 0 Å². The monoisotopic (exact) mass is 441 g/mol. The van der Waals surface area contributed by atoms with Crippen LogP contribution in [0.3, 0.4) is 0 Å². The molecule has 0 aliphatic heterocycles. The molecule has 0 saturated carbocycles. The summed E-state index contributed by atoms with van der Waals surface area (Å²) in [7, 11) is 0. The maximum atomic E-state index is 11.5. The van der Waals surface area contributed by atoms with Crippen molar-refractivity contribution in [2.45, 2.75) is 148 Å². The molecule has 0 aromatic carbocycles. The number of nitrogens with two attached hydrogens (primary N) is 1. The van der Waals surface area contributed by atoms with E-state index in [9.17, 15) is 9.59 Å². The molecule has 31 heavy (non-hydrogen) atoms. The molecule has 1 atom stereocenters. The summed E-state index contributed by atoms with van der Waals surface area (Å²) >= 11 is 0. The average Bonchev–Trinajstić information content (AvgIpc) is 2.77. The first-order valence-corrected chi connectivity index (χ1v) is 13.2. The summed E-state index contributed by atoms with van der Waals surface area (Å²) in [5.74, 6) is -1.39. The van der Waals surface area contributed by atoms with Crippen LogP contribution in [0.5, 0.6) is 0 Å². The number of aliphatic hydroxyl groups excluding tert-OH is 1. The van der Waals surface area contributed by atoms with Crippen molar-refractivity contribution in [3.63, 3.8) is 0 Å². The number of rotatable bonds is 23. The lowest BCUT2D eigenvalue weighted by Crippen LogP contribution is -2.36. The summed E-state index contributed by atoms with van der Waals surface area (Å²) in [6.45, 7) is 1.77. The number of aliphatic hydroxyl groups is 1. The lowest BCUT2D eigenvalue weighted by molar-refractivity contribution is -0.161. The van der Waals surface area contributed by atoms with Gasteiger partial charge in [0.2, 0.25) is 0 Å². The highest BCUT2D eigenvalue weighted by Gasteiger charge is 2.17. The fourth-order valence-electron chi connectivity index (χ4n) is 3.84. The minimum atomic E-state index is -1.13. The van der Waals surface area contributed by atoms with Gasteiger partial charge in [-0.2, -0.15) is 0 Å². The van der Waals surface area contributed by atoms with Crippen molar-refractivity contribution in [3.05, 3.63) is 0 Å². The first-order chi connectivity index (χ1) is 15.1. The largest absolute Gasteiger partial charge is 0.394 e. The Hall–Kier alpha value is -0.940. The van der Waals surface area contributed by atoms with Gasteiger partial charge in [0.1, 0.15) is 6.04 Å². The van der Waals surface area contributed by atoms with Crippen LogP contribution < -0.4 is 5.73 Å². The SMILES string of the molecule is CCCCCCCCCCCCCCCCCCCCCCC(=O)OC(=O)[C@@H](N)CO. The molecule has 0 rings (SSSR count). The zero-order valence-electron chi connectivity index (χ0n) is 20.4. The lowest BCUT2D eigenvalue weighted by Gasteiger charge is -2.07. The predicted molar refractivity (Wildman–Crippen MR) is 129 cm³/mol. The molecule has 3 N–H and O–H groups in total.